The van der Waals surface area contributed by atoms with Crippen LogP contribution in [0.3, 0.4) is 0 Å². The van der Waals surface area contributed by atoms with Crippen LogP contribution in [0, 0.1) is 17.2 Å². The third-order valence-corrected chi connectivity index (χ3v) is 6.60. The number of nitrogens with one attached hydrogen (secondary N) is 2. The Bertz CT molecular complexity index is 1210. The second-order valence-electron chi connectivity index (χ2n) is 7.03. The first-order valence-corrected chi connectivity index (χ1v) is 11.6. The first kappa shape index (κ1) is 25.4. The summed E-state index contributed by atoms with van der Waals surface area (Å²) in [6.45, 7) is 0. The lowest BCUT2D eigenvalue weighted by atomic mass is 9.78. The minimum absolute atomic E-state index is 0.0984. The minimum atomic E-state index is -1.31. The number of allylic oxidation sites excluding steroid dienone is 1. The summed E-state index contributed by atoms with van der Waals surface area (Å²) in [5.74, 6) is -3.89. The summed E-state index contributed by atoms with van der Waals surface area (Å²) in [6, 6.07) is 13.5. The molecule has 34 heavy (non-hydrogen) atoms. The van der Waals surface area contributed by atoms with Crippen molar-refractivity contribution in [1.82, 2.24) is 5.32 Å². The van der Waals surface area contributed by atoms with Gasteiger partial charge in [-0.1, -0.05) is 53.2 Å². The number of hydrogen-bond donors (Lipinski definition) is 2. The minimum Gasteiger partial charge on any atom is -0.495 e. The molecule has 0 aromatic heterocycles. The fourth-order valence-electron chi connectivity index (χ4n) is 3.48. The van der Waals surface area contributed by atoms with Gasteiger partial charge in [0.05, 0.1) is 42.3 Å². The van der Waals surface area contributed by atoms with E-state index in [0.717, 1.165) is 18.9 Å². The van der Waals surface area contributed by atoms with E-state index < -0.39 is 29.6 Å². The average Bonchev–Trinajstić information content (AvgIpc) is 2.82. The highest BCUT2D eigenvalue weighted by molar-refractivity contribution is 8.03. The summed E-state index contributed by atoms with van der Waals surface area (Å²) in [5.41, 5.74) is 0.904. The number of nitrogens with zero attached hydrogens (tertiary/aromatic N) is 1. The maximum atomic E-state index is 12.9. The maximum absolute atomic E-state index is 12.9. The molecular weight excluding hydrogens is 501 g/mol. The first-order valence-electron chi connectivity index (χ1n) is 9.84. The van der Waals surface area contributed by atoms with Gasteiger partial charge in [-0.2, -0.15) is 5.26 Å². The van der Waals surface area contributed by atoms with Crippen LogP contribution in [-0.2, 0) is 19.1 Å². The van der Waals surface area contributed by atoms with Crippen molar-refractivity contribution >= 4 is 58.4 Å². The van der Waals surface area contributed by atoms with Crippen LogP contribution in [0.5, 0.6) is 5.75 Å². The van der Waals surface area contributed by atoms with E-state index in [4.69, 9.17) is 32.7 Å². The number of esters is 1. The van der Waals surface area contributed by atoms with E-state index >= 15 is 0 Å². The SMILES string of the molecule is COC(=O)[C@H]1C(=O)NC(SCC(=O)Nc2cc(Cl)ccc2OC)=C(C#N)[C@@H]1c1ccccc1Cl. The molecule has 176 valence electrons. The number of benzene rings is 2. The molecule has 0 unspecified atom stereocenters. The predicted octanol–water partition coefficient (Wildman–Crippen LogP) is 4.11. The normalized spacial score (nSPS) is 17.4. The highest BCUT2D eigenvalue weighted by Crippen LogP contribution is 2.42. The smallest absolute Gasteiger partial charge is 0.319 e. The lowest BCUT2D eigenvalue weighted by molar-refractivity contribution is -0.150. The van der Waals surface area contributed by atoms with Crippen molar-refractivity contribution in [3.8, 4) is 11.8 Å². The molecule has 2 aromatic carbocycles. The molecule has 1 heterocycles. The van der Waals surface area contributed by atoms with Crippen molar-refractivity contribution in [2.45, 2.75) is 5.92 Å². The molecule has 0 saturated carbocycles. The molecule has 0 aliphatic carbocycles. The molecule has 2 N–H and O–H groups in total. The maximum Gasteiger partial charge on any atom is 0.319 e. The standard InChI is InChI=1S/C23H19Cl2N3O5S/c1-32-17-8-7-12(24)9-16(17)27-18(29)11-34-22-14(10-26)19(13-5-3-4-6-15(13)25)20(21(30)28-22)23(31)33-2/h3-9,19-20H,11H2,1-2H3,(H,27,29)(H,28,30)/t19-,20+/m0/s1. The Morgan fingerprint density at radius 2 is 1.94 bits per heavy atom. The van der Waals surface area contributed by atoms with E-state index in [1.807, 2.05) is 0 Å². The number of anilines is 1. The monoisotopic (exact) mass is 519 g/mol. The third-order valence-electron chi connectivity index (χ3n) is 5.01. The van der Waals surface area contributed by atoms with Crippen molar-refractivity contribution in [3.63, 3.8) is 0 Å². The van der Waals surface area contributed by atoms with Crippen LogP contribution in [0.4, 0.5) is 5.69 Å². The Hall–Kier alpha value is -3.19. The fourth-order valence-corrected chi connectivity index (χ4v) is 4.76. The zero-order valence-electron chi connectivity index (χ0n) is 18.1. The molecular formula is C23H19Cl2N3O5S. The largest absolute Gasteiger partial charge is 0.495 e. The zero-order valence-corrected chi connectivity index (χ0v) is 20.4. The molecule has 0 fully saturated rings. The number of methoxy groups -OCH3 is 2. The molecule has 11 heteroatoms. The number of amides is 2. The number of carbonyl (C=O) groups is 3. The zero-order chi connectivity index (χ0) is 24.8. The Morgan fingerprint density at radius 1 is 1.21 bits per heavy atom. The van der Waals surface area contributed by atoms with E-state index in [-0.39, 0.29) is 16.4 Å². The average molecular weight is 520 g/mol. The molecule has 0 spiro atoms. The van der Waals surface area contributed by atoms with E-state index in [1.165, 1.54) is 7.11 Å². The van der Waals surface area contributed by atoms with Gasteiger partial charge in [0.1, 0.15) is 11.7 Å². The Balaban J connectivity index is 1.91. The molecule has 3 rings (SSSR count). The molecule has 2 amide bonds. The van der Waals surface area contributed by atoms with Crippen molar-refractivity contribution in [3.05, 3.63) is 68.7 Å². The lowest BCUT2D eigenvalue weighted by Crippen LogP contribution is -2.44. The molecule has 2 atom stereocenters. The second-order valence-corrected chi connectivity index (χ2v) is 8.85. The summed E-state index contributed by atoms with van der Waals surface area (Å²) in [6.07, 6.45) is 0. The van der Waals surface area contributed by atoms with Crippen LogP contribution in [0.25, 0.3) is 0 Å². The Labute approximate surface area is 210 Å². The molecule has 0 saturated heterocycles. The Morgan fingerprint density at radius 3 is 2.59 bits per heavy atom. The van der Waals surface area contributed by atoms with Gasteiger partial charge < -0.3 is 20.1 Å². The van der Waals surface area contributed by atoms with Crippen LogP contribution in [0.15, 0.2) is 53.1 Å². The van der Waals surface area contributed by atoms with Crippen LogP contribution >= 0.6 is 35.0 Å². The van der Waals surface area contributed by atoms with E-state index in [0.29, 0.717) is 27.0 Å². The van der Waals surface area contributed by atoms with Gasteiger partial charge in [0.2, 0.25) is 11.8 Å². The van der Waals surface area contributed by atoms with Crippen molar-refractivity contribution < 1.29 is 23.9 Å². The van der Waals surface area contributed by atoms with Gasteiger partial charge in [-0.15, -0.1) is 0 Å². The fraction of sp³-hybridized carbons (Fsp3) is 0.217. The van der Waals surface area contributed by atoms with Gasteiger partial charge in [-0.05, 0) is 29.8 Å². The van der Waals surface area contributed by atoms with Gasteiger partial charge in [0.15, 0.2) is 0 Å². The highest BCUT2D eigenvalue weighted by atomic mass is 35.5. The predicted molar refractivity (Wildman–Crippen MR) is 130 cm³/mol. The van der Waals surface area contributed by atoms with E-state index in [2.05, 4.69) is 16.7 Å². The summed E-state index contributed by atoms with van der Waals surface area (Å²) in [4.78, 5) is 37.9. The number of nitriles is 1. The topological polar surface area (TPSA) is 118 Å². The Kier molecular flexibility index (Phi) is 8.45. The van der Waals surface area contributed by atoms with Crippen molar-refractivity contribution in [2.24, 2.45) is 5.92 Å². The molecule has 0 radical (unpaired) electrons. The van der Waals surface area contributed by atoms with Gasteiger partial charge in [-0.3, -0.25) is 14.4 Å². The van der Waals surface area contributed by atoms with E-state index in [1.54, 1.807) is 42.5 Å². The molecule has 8 nitrogen and oxygen atoms in total. The highest BCUT2D eigenvalue weighted by Gasteiger charge is 2.45. The number of rotatable bonds is 7. The third kappa shape index (κ3) is 5.47. The van der Waals surface area contributed by atoms with Crippen LogP contribution < -0.4 is 15.4 Å². The number of carbonyl (C=O) groups excluding carboxylic acids is 3. The molecule has 2 aromatic rings. The number of halogens is 2. The summed E-state index contributed by atoms with van der Waals surface area (Å²) in [5, 5.41) is 16.1. The number of ether oxygens (including phenoxy) is 2. The van der Waals surface area contributed by atoms with Crippen molar-refractivity contribution in [1.29, 1.82) is 5.26 Å². The quantitative estimate of drug-likeness (QED) is 0.417. The van der Waals surface area contributed by atoms with Crippen LogP contribution in [0.1, 0.15) is 11.5 Å². The van der Waals surface area contributed by atoms with Gasteiger partial charge in [0, 0.05) is 16.0 Å². The second kappa shape index (κ2) is 11.3. The van der Waals surface area contributed by atoms with Gasteiger partial charge >= 0.3 is 5.97 Å². The van der Waals surface area contributed by atoms with Gasteiger partial charge in [-0.25, -0.2) is 0 Å². The van der Waals surface area contributed by atoms with Crippen LogP contribution in [-0.4, -0.2) is 37.8 Å². The van der Waals surface area contributed by atoms with Gasteiger partial charge in [0.25, 0.3) is 0 Å². The molecule has 1 aliphatic rings. The lowest BCUT2D eigenvalue weighted by Gasteiger charge is -2.31. The first-order chi connectivity index (χ1) is 16.3. The summed E-state index contributed by atoms with van der Waals surface area (Å²) < 4.78 is 10.0. The van der Waals surface area contributed by atoms with E-state index in [9.17, 15) is 19.6 Å². The summed E-state index contributed by atoms with van der Waals surface area (Å²) >= 11 is 13.3. The van der Waals surface area contributed by atoms with Crippen LogP contribution in [0.2, 0.25) is 10.0 Å². The molecule has 1 aliphatic heterocycles. The molecule has 0 bridgehead atoms. The number of thioether (sulfide) groups is 1. The van der Waals surface area contributed by atoms with Crippen molar-refractivity contribution in [2.75, 3.05) is 25.3 Å². The summed E-state index contributed by atoms with van der Waals surface area (Å²) in [7, 11) is 2.62. The number of hydrogen-bond acceptors (Lipinski definition) is 7.